The van der Waals surface area contributed by atoms with Gasteiger partial charge in [-0.05, 0) is 85.9 Å². The molecule has 0 radical (unpaired) electrons. The molecule has 11 aromatic rings. The summed E-state index contributed by atoms with van der Waals surface area (Å²) in [6, 6.07) is 72.3. The molecule has 2 nitrogen and oxygen atoms in total. The highest BCUT2D eigenvalue weighted by Gasteiger charge is 2.23. The number of rotatable bonds is 5. The summed E-state index contributed by atoms with van der Waals surface area (Å²) in [4.78, 5) is 2.46. The summed E-state index contributed by atoms with van der Waals surface area (Å²) in [6.45, 7) is 0. The van der Waals surface area contributed by atoms with E-state index in [4.69, 9.17) is 4.42 Å². The third-order valence-corrected chi connectivity index (χ3v) is 11.0. The first-order chi connectivity index (χ1) is 26.8. The van der Waals surface area contributed by atoms with Crippen molar-refractivity contribution in [3.8, 4) is 22.3 Å². The minimum Gasteiger partial charge on any atom is -0.456 e. The van der Waals surface area contributed by atoms with Crippen molar-refractivity contribution in [2.24, 2.45) is 0 Å². The number of furan rings is 1. The summed E-state index contributed by atoms with van der Waals surface area (Å²) in [5, 5.41) is 12.1. The molecule has 2 heteroatoms. The largest absolute Gasteiger partial charge is 0.456 e. The molecule has 0 bridgehead atoms. The molecule has 0 fully saturated rings. The zero-order chi connectivity index (χ0) is 35.6. The molecule has 11 rings (SSSR count). The van der Waals surface area contributed by atoms with Crippen LogP contribution in [0.4, 0.5) is 17.1 Å². The normalized spacial score (nSPS) is 11.7. The van der Waals surface area contributed by atoms with Gasteiger partial charge in [0.15, 0.2) is 0 Å². The predicted molar refractivity (Wildman–Crippen MR) is 229 cm³/mol. The molecule has 0 saturated heterocycles. The van der Waals surface area contributed by atoms with Crippen molar-refractivity contribution in [3.63, 3.8) is 0 Å². The van der Waals surface area contributed by atoms with Crippen LogP contribution < -0.4 is 4.90 Å². The third-order valence-electron chi connectivity index (χ3n) is 11.0. The van der Waals surface area contributed by atoms with Crippen molar-refractivity contribution >= 4 is 82.1 Å². The van der Waals surface area contributed by atoms with Crippen LogP contribution in [-0.4, -0.2) is 0 Å². The second-order valence-electron chi connectivity index (χ2n) is 14.0. The summed E-state index contributed by atoms with van der Waals surface area (Å²) in [5.41, 5.74) is 9.87. The number of hydrogen-bond acceptors (Lipinski definition) is 2. The first-order valence-electron chi connectivity index (χ1n) is 18.5. The Kier molecular flexibility index (Phi) is 6.90. The zero-order valence-corrected chi connectivity index (χ0v) is 29.4. The second-order valence-corrected chi connectivity index (χ2v) is 14.0. The molecule has 0 aliphatic carbocycles. The number of para-hydroxylation sites is 3. The maximum atomic E-state index is 6.41. The second kappa shape index (κ2) is 12.2. The Balaban J connectivity index is 1.21. The van der Waals surface area contributed by atoms with Gasteiger partial charge in [-0.15, -0.1) is 0 Å². The Morgan fingerprint density at radius 3 is 1.67 bits per heavy atom. The van der Waals surface area contributed by atoms with Crippen LogP contribution in [0.15, 0.2) is 205 Å². The summed E-state index contributed by atoms with van der Waals surface area (Å²) in [5.74, 6) is 0. The summed E-state index contributed by atoms with van der Waals surface area (Å²) in [6.07, 6.45) is 0. The summed E-state index contributed by atoms with van der Waals surface area (Å²) in [7, 11) is 0. The lowest BCUT2D eigenvalue weighted by molar-refractivity contribution is 0.669. The van der Waals surface area contributed by atoms with E-state index < -0.39 is 0 Å². The smallest absolute Gasteiger partial charge is 0.136 e. The van der Waals surface area contributed by atoms with Crippen molar-refractivity contribution in [1.29, 1.82) is 0 Å². The highest BCUT2D eigenvalue weighted by Crippen LogP contribution is 2.48. The molecule has 252 valence electrons. The van der Waals surface area contributed by atoms with E-state index in [-0.39, 0.29) is 0 Å². The fraction of sp³-hybridized carbons (Fsp3) is 0. The van der Waals surface area contributed by atoms with E-state index in [1.807, 2.05) is 6.07 Å². The first-order valence-corrected chi connectivity index (χ1v) is 18.5. The number of hydrogen-bond donors (Lipinski definition) is 0. The lowest BCUT2D eigenvalue weighted by Crippen LogP contribution is -2.13. The highest BCUT2D eigenvalue weighted by atomic mass is 16.3. The van der Waals surface area contributed by atoms with Gasteiger partial charge in [-0.3, -0.25) is 0 Å². The topological polar surface area (TPSA) is 16.4 Å². The molecular weight excluding hydrogens is 655 g/mol. The molecule has 0 unspecified atom stereocenters. The lowest BCUT2D eigenvalue weighted by atomic mass is 9.89. The molecular formula is C52H33NO. The van der Waals surface area contributed by atoms with Gasteiger partial charge < -0.3 is 9.32 Å². The van der Waals surface area contributed by atoms with E-state index in [0.29, 0.717) is 0 Å². The highest BCUT2D eigenvalue weighted by molar-refractivity contribution is 6.34. The number of fused-ring (bicyclic) bond motifs is 11. The van der Waals surface area contributed by atoms with Gasteiger partial charge >= 0.3 is 0 Å². The molecule has 0 N–H and O–H groups in total. The van der Waals surface area contributed by atoms with Gasteiger partial charge in [0.25, 0.3) is 0 Å². The Labute approximate surface area is 312 Å². The van der Waals surface area contributed by atoms with E-state index >= 15 is 0 Å². The Morgan fingerprint density at radius 1 is 0.296 bits per heavy atom. The Bertz CT molecular complexity index is 3220. The first kappa shape index (κ1) is 30.5. The molecule has 1 aromatic heterocycles. The van der Waals surface area contributed by atoms with E-state index in [0.717, 1.165) is 44.7 Å². The molecule has 0 aliphatic rings. The Hall–Kier alpha value is -7.16. The van der Waals surface area contributed by atoms with Crippen molar-refractivity contribution in [1.82, 2.24) is 0 Å². The molecule has 10 aromatic carbocycles. The van der Waals surface area contributed by atoms with Crippen LogP contribution >= 0.6 is 0 Å². The van der Waals surface area contributed by atoms with Crippen LogP contribution in [0.1, 0.15) is 0 Å². The Morgan fingerprint density at radius 2 is 0.852 bits per heavy atom. The van der Waals surface area contributed by atoms with Crippen LogP contribution in [0.3, 0.4) is 0 Å². The third kappa shape index (κ3) is 4.67. The quantitative estimate of drug-likeness (QED) is 0.168. The molecule has 1 heterocycles. The monoisotopic (exact) mass is 687 g/mol. The maximum Gasteiger partial charge on any atom is 0.136 e. The van der Waals surface area contributed by atoms with Crippen LogP contribution in [0, 0.1) is 0 Å². The van der Waals surface area contributed by atoms with Crippen molar-refractivity contribution in [2.75, 3.05) is 4.90 Å². The van der Waals surface area contributed by atoms with Crippen molar-refractivity contribution in [3.05, 3.63) is 200 Å². The van der Waals surface area contributed by atoms with E-state index in [2.05, 4.69) is 199 Å². The predicted octanol–water partition coefficient (Wildman–Crippen LogP) is 15.0. The molecule has 0 amide bonds. The zero-order valence-electron chi connectivity index (χ0n) is 29.4. The summed E-state index contributed by atoms with van der Waals surface area (Å²) < 4.78 is 6.41. The van der Waals surface area contributed by atoms with Gasteiger partial charge in [0.05, 0.1) is 17.1 Å². The average Bonchev–Trinajstić information content (AvgIpc) is 3.63. The molecule has 0 spiro atoms. The maximum absolute atomic E-state index is 6.41. The molecule has 54 heavy (non-hydrogen) atoms. The van der Waals surface area contributed by atoms with Gasteiger partial charge in [-0.1, -0.05) is 158 Å². The van der Waals surface area contributed by atoms with E-state index in [1.165, 1.54) is 59.6 Å². The van der Waals surface area contributed by atoms with E-state index in [1.54, 1.807) is 0 Å². The fourth-order valence-corrected chi connectivity index (χ4v) is 8.66. The van der Waals surface area contributed by atoms with Gasteiger partial charge in [0.2, 0.25) is 0 Å². The molecule has 0 saturated carbocycles. The van der Waals surface area contributed by atoms with Crippen molar-refractivity contribution in [2.45, 2.75) is 0 Å². The average molecular weight is 688 g/mol. The van der Waals surface area contributed by atoms with Crippen LogP contribution in [0.25, 0.3) is 87.3 Å². The molecule has 0 atom stereocenters. The SMILES string of the molecule is c1ccc(-c2ccccc2N(c2ccccc2-c2ccc3c4ccccc4c4c(ccc5oc6ccccc6c54)c3c2)c2cccc3ccccc23)cc1. The fourth-order valence-electron chi connectivity index (χ4n) is 8.66. The van der Waals surface area contributed by atoms with Crippen LogP contribution in [-0.2, 0) is 0 Å². The lowest BCUT2D eigenvalue weighted by Gasteiger charge is -2.31. The minimum absolute atomic E-state index is 0.913. The number of benzene rings is 10. The van der Waals surface area contributed by atoms with Gasteiger partial charge in [-0.25, -0.2) is 0 Å². The van der Waals surface area contributed by atoms with Gasteiger partial charge in [-0.2, -0.15) is 0 Å². The number of anilines is 3. The minimum atomic E-state index is 0.913. The summed E-state index contributed by atoms with van der Waals surface area (Å²) >= 11 is 0. The van der Waals surface area contributed by atoms with Crippen molar-refractivity contribution < 1.29 is 4.42 Å². The van der Waals surface area contributed by atoms with Crippen LogP contribution in [0.2, 0.25) is 0 Å². The van der Waals surface area contributed by atoms with E-state index in [9.17, 15) is 0 Å². The van der Waals surface area contributed by atoms with Gasteiger partial charge in [0.1, 0.15) is 11.2 Å². The number of nitrogens with zero attached hydrogens (tertiary/aromatic N) is 1. The standard InChI is InChI=1S/C52H33NO/c1-2-15-34(16-3-1)37-20-8-11-25-46(37)53(48-27-14-18-35-17-4-5-19-38(35)48)47-26-12-9-21-39(47)36-29-30-41-40-22-6-7-23-42(40)51-43(45(41)33-36)31-32-50-52(51)44-24-10-13-28-49(44)54-50/h1-33H. The van der Waals surface area contributed by atoms with Gasteiger partial charge in [0, 0.05) is 32.7 Å². The van der Waals surface area contributed by atoms with Crippen LogP contribution in [0.5, 0.6) is 0 Å². The molecule has 0 aliphatic heterocycles.